The van der Waals surface area contributed by atoms with Crippen LogP contribution in [0.3, 0.4) is 0 Å². The van der Waals surface area contributed by atoms with Crippen LogP contribution in [0.5, 0.6) is 0 Å². The van der Waals surface area contributed by atoms with E-state index in [2.05, 4.69) is 122 Å². The van der Waals surface area contributed by atoms with Crippen molar-refractivity contribution in [1.29, 1.82) is 0 Å². The van der Waals surface area contributed by atoms with Crippen LogP contribution in [0, 0.1) is 0 Å². The third-order valence-electron chi connectivity index (χ3n) is 7.60. The molecule has 0 aliphatic rings. The SMILES string of the molecule is CC/C=C\C/C=C\C/C=C\C/C=C\C/C=C\C/C=C\C/C=C\CCCC(=O)NC(CS(=O)(=O)O)C(O)/C=C/CC/C=C/CC/C=C/CCCCC. The molecule has 2 unspecified atom stereocenters. The predicted octanol–water partition coefficient (Wildman–Crippen LogP) is 11.3. The highest BCUT2D eigenvalue weighted by atomic mass is 32.2. The van der Waals surface area contributed by atoms with Crippen LogP contribution in [0.15, 0.2) is 122 Å². The van der Waals surface area contributed by atoms with Gasteiger partial charge in [0.25, 0.3) is 10.1 Å². The molecule has 0 aliphatic carbocycles. The minimum absolute atomic E-state index is 0.196. The first kappa shape index (κ1) is 47.7. The summed E-state index contributed by atoms with van der Waals surface area (Å²) >= 11 is 0. The van der Waals surface area contributed by atoms with Gasteiger partial charge in [-0.25, -0.2) is 0 Å². The number of hydrogen-bond acceptors (Lipinski definition) is 4. The zero-order chi connectivity index (χ0) is 37.5. The maximum absolute atomic E-state index is 12.5. The predicted molar refractivity (Wildman–Crippen MR) is 220 cm³/mol. The molecule has 6 nitrogen and oxygen atoms in total. The number of unbranched alkanes of at least 4 members (excludes halogenated alkanes) is 6. The summed E-state index contributed by atoms with van der Waals surface area (Å²) in [6.45, 7) is 4.35. The molecule has 2 atom stereocenters. The number of aliphatic hydroxyl groups excluding tert-OH is 1. The lowest BCUT2D eigenvalue weighted by Crippen LogP contribution is -2.46. The van der Waals surface area contributed by atoms with E-state index < -0.39 is 28.0 Å². The second kappa shape index (κ2) is 36.5. The molecule has 286 valence electrons. The van der Waals surface area contributed by atoms with E-state index in [0.717, 1.165) is 70.6 Å². The van der Waals surface area contributed by atoms with Crippen LogP contribution < -0.4 is 5.32 Å². The Bertz CT molecular complexity index is 1250. The summed E-state index contributed by atoms with van der Waals surface area (Å²) in [4.78, 5) is 12.5. The maximum atomic E-state index is 12.5. The quantitative estimate of drug-likeness (QED) is 0.0364. The Balaban J connectivity index is 4.18. The fourth-order valence-electron chi connectivity index (χ4n) is 4.76. The molecule has 0 rings (SSSR count). The van der Waals surface area contributed by atoms with Crippen molar-refractivity contribution in [2.45, 2.75) is 142 Å². The van der Waals surface area contributed by atoms with Crippen LogP contribution in [0.2, 0.25) is 0 Å². The molecule has 1 amide bonds. The second-order valence-electron chi connectivity index (χ2n) is 12.4. The Kier molecular flexibility index (Phi) is 34.2. The molecule has 0 aromatic carbocycles. The minimum Gasteiger partial charge on any atom is -0.387 e. The van der Waals surface area contributed by atoms with E-state index >= 15 is 0 Å². The lowest BCUT2D eigenvalue weighted by molar-refractivity contribution is -0.122. The van der Waals surface area contributed by atoms with Gasteiger partial charge in [0.05, 0.1) is 17.9 Å². The highest BCUT2D eigenvalue weighted by molar-refractivity contribution is 7.85. The van der Waals surface area contributed by atoms with E-state index in [9.17, 15) is 22.9 Å². The largest absolute Gasteiger partial charge is 0.387 e. The van der Waals surface area contributed by atoms with Crippen molar-refractivity contribution >= 4 is 16.0 Å². The molecule has 0 aromatic rings. The van der Waals surface area contributed by atoms with Crippen LogP contribution in [-0.4, -0.2) is 41.9 Å². The van der Waals surface area contributed by atoms with Gasteiger partial charge in [-0.2, -0.15) is 8.42 Å². The average Bonchev–Trinajstić information content (AvgIpc) is 3.09. The van der Waals surface area contributed by atoms with Crippen molar-refractivity contribution in [3.8, 4) is 0 Å². The van der Waals surface area contributed by atoms with E-state index in [0.29, 0.717) is 19.3 Å². The first-order valence-electron chi connectivity index (χ1n) is 19.2. The molecule has 0 saturated heterocycles. The molecule has 0 aliphatic heterocycles. The van der Waals surface area contributed by atoms with Crippen LogP contribution >= 0.6 is 0 Å². The standard InChI is InChI=1S/C44H69NO5S/c1-3-5-7-9-11-13-15-17-18-19-20-21-22-23-24-25-26-28-30-32-34-36-38-40-44(47)45-42(41-51(48,49)50)43(46)39-37-35-33-31-29-27-16-14-12-10-8-6-4-2/h5,7,11-14,17-18,20-21,23-24,26,28-29,31-32,34,37,39,42-43,46H,3-4,6,8-10,15-16,19,22,25,27,30,33,35-36,38,40-41H2,1-2H3,(H,45,47)(H,48,49,50)/b7-5-,13-11-,14-12+,18-17-,21-20-,24-23-,28-26-,31-29+,34-32-,39-37+. The Hall–Kier alpha value is -3.26. The first-order chi connectivity index (χ1) is 24.8. The summed E-state index contributed by atoms with van der Waals surface area (Å²) in [6, 6.07) is -1.12. The normalized spacial score (nSPS) is 14.7. The Morgan fingerprint density at radius 2 is 0.941 bits per heavy atom. The lowest BCUT2D eigenvalue weighted by Gasteiger charge is -2.21. The fraction of sp³-hybridized carbons (Fsp3) is 0.523. The zero-order valence-corrected chi connectivity index (χ0v) is 32.5. The molecular formula is C44H69NO5S. The fourth-order valence-corrected chi connectivity index (χ4v) is 5.50. The van der Waals surface area contributed by atoms with Gasteiger partial charge >= 0.3 is 0 Å². The second-order valence-corrected chi connectivity index (χ2v) is 13.9. The number of carbonyl (C=O) groups excluding carboxylic acids is 1. The highest BCUT2D eigenvalue weighted by Gasteiger charge is 2.24. The van der Waals surface area contributed by atoms with Crippen molar-refractivity contribution in [3.63, 3.8) is 0 Å². The van der Waals surface area contributed by atoms with Gasteiger partial charge in [0.15, 0.2) is 0 Å². The Labute approximate surface area is 312 Å². The molecule has 0 saturated carbocycles. The molecule has 7 heteroatoms. The molecule has 0 radical (unpaired) electrons. The van der Waals surface area contributed by atoms with E-state index in [1.807, 2.05) is 6.08 Å². The van der Waals surface area contributed by atoms with Gasteiger partial charge in [-0.3, -0.25) is 9.35 Å². The summed E-state index contributed by atoms with van der Waals surface area (Å²) in [5.41, 5.74) is 0. The first-order valence-corrected chi connectivity index (χ1v) is 20.8. The number of carbonyl (C=O) groups is 1. The van der Waals surface area contributed by atoms with Gasteiger partial charge in [-0.1, -0.05) is 148 Å². The van der Waals surface area contributed by atoms with Gasteiger partial charge in [0, 0.05) is 6.42 Å². The minimum atomic E-state index is -4.38. The number of nitrogens with one attached hydrogen (secondary N) is 1. The number of allylic oxidation sites excluding steroid dienone is 19. The van der Waals surface area contributed by atoms with Crippen molar-refractivity contribution < 1.29 is 22.9 Å². The smallest absolute Gasteiger partial charge is 0.267 e. The van der Waals surface area contributed by atoms with Gasteiger partial charge in [0.2, 0.25) is 5.91 Å². The Morgan fingerprint density at radius 3 is 1.39 bits per heavy atom. The van der Waals surface area contributed by atoms with Crippen LogP contribution in [0.4, 0.5) is 0 Å². The van der Waals surface area contributed by atoms with Crippen molar-refractivity contribution in [2.24, 2.45) is 0 Å². The van der Waals surface area contributed by atoms with Crippen LogP contribution in [0.1, 0.15) is 129 Å². The molecule has 3 N–H and O–H groups in total. The number of hydrogen-bond donors (Lipinski definition) is 3. The summed E-state index contributed by atoms with van der Waals surface area (Å²) in [6.07, 6.45) is 57.6. The van der Waals surface area contributed by atoms with Gasteiger partial charge in [-0.15, -0.1) is 0 Å². The average molecular weight is 724 g/mol. The highest BCUT2D eigenvalue weighted by Crippen LogP contribution is 2.07. The van der Waals surface area contributed by atoms with E-state index in [-0.39, 0.29) is 12.3 Å². The molecule has 0 fully saturated rings. The van der Waals surface area contributed by atoms with E-state index in [1.54, 1.807) is 6.08 Å². The molecule has 0 spiro atoms. The van der Waals surface area contributed by atoms with Crippen LogP contribution in [0.25, 0.3) is 0 Å². The third-order valence-corrected chi connectivity index (χ3v) is 8.38. The van der Waals surface area contributed by atoms with Crippen molar-refractivity contribution in [1.82, 2.24) is 5.32 Å². The topological polar surface area (TPSA) is 104 Å². The molecule has 51 heavy (non-hydrogen) atoms. The molecule has 0 bridgehead atoms. The maximum Gasteiger partial charge on any atom is 0.267 e. The third kappa shape index (κ3) is 37.8. The molecular weight excluding hydrogens is 655 g/mol. The summed E-state index contributed by atoms with van der Waals surface area (Å²) < 4.78 is 32.4. The Morgan fingerprint density at radius 1 is 0.549 bits per heavy atom. The molecule has 0 heterocycles. The monoisotopic (exact) mass is 723 g/mol. The summed E-state index contributed by atoms with van der Waals surface area (Å²) in [5.74, 6) is -1.11. The zero-order valence-electron chi connectivity index (χ0n) is 31.7. The van der Waals surface area contributed by atoms with E-state index in [1.165, 1.54) is 25.3 Å². The number of rotatable bonds is 32. The lowest BCUT2D eigenvalue weighted by atomic mass is 10.1. The summed E-state index contributed by atoms with van der Waals surface area (Å²) in [7, 11) is -4.38. The number of aliphatic hydroxyl groups is 1. The van der Waals surface area contributed by atoms with Crippen LogP contribution in [-0.2, 0) is 14.9 Å². The van der Waals surface area contributed by atoms with Gasteiger partial charge < -0.3 is 10.4 Å². The summed E-state index contributed by atoms with van der Waals surface area (Å²) in [5, 5.41) is 13.1. The number of amides is 1. The van der Waals surface area contributed by atoms with E-state index in [4.69, 9.17) is 0 Å². The van der Waals surface area contributed by atoms with Gasteiger partial charge in [-0.05, 0) is 96.3 Å². The van der Waals surface area contributed by atoms with Crippen molar-refractivity contribution in [3.05, 3.63) is 122 Å². The van der Waals surface area contributed by atoms with Crippen molar-refractivity contribution in [2.75, 3.05) is 5.75 Å². The molecule has 0 aromatic heterocycles. The van der Waals surface area contributed by atoms with Gasteiger partial charge in [0.1, 0.15) is 0 Å².